The minimum atomic E-state index is -0.142. The molecule has 0 radical (unpaired) electrons. The summed E-state index contributed by atoms with van der Waals surface area (Å²) in [6.07, 6.45) is 5.55. The average molecular weight is 372 g/mol. The smallest absolute Gasteiger partial charge is 0.127 e. The van der Waals surface area contributed by atoms with Crippen LogP contribution >= 0.6 is 0 Å². The van der Waals surface area contributed by atoms with Crippen LogP contribution in [0.4, 0.5) is 4.39 Å². The molecule has 6 heteroatoms. The first kappa shape index (κ1) is 18.4. The van der Waals surface area contributed by atoms with Gasteiger partial charge < -0.3 is 9.72 Å². The normalized spacial score (nSPS) is 24.0. The van der Waals surface area contributed by atoms with Crippen LogP contribution in [0.25, 0.3) is 0 Å². The van der Waals surface area contributed by atoms with E-state index >= 15 is 0 Å². The third kappa shape index (κ3) is 4.17. The lowest BCUT2D eigenvalue weighted by Crippen LogP contribution is -2.44. The van der Waals surface area contributed by atoms with Crippen molar-refractivity contribution in [1.82, 2.24) is 19.8 Å². The zero-order valence-electron chi connectivity index (χ0n) is 16.3. The first-order chi connectivity index (χ1) is 13.0. The van der Waals surface area contributed by atoms with Crippen molar-refractivity contribution in [2.75, 3.05) is 33.3 Å². The van der Waals surface area contributed by atoms with Gasteiger partial charge in [-0.15, -0.1) is 0 Å². The predicted octanol–water partition coefficient (Wildman–Crippen LogP) is 3.35. The maximum Gasteiger partial charge on any atom is 0.127 e. The van der Waals surface area contributed by atoms with Crippen LogP contribution in [0.5, 0.6) is 5.75 Å². The number of piperidine rings is 1. The Labute approximate surface area is 160 Å². The molecule has 2 saturated heterocycles. The number of aromatic amines is 1. The van der Waals surface area contributed by atoms with Crippen molar-refractivity contribution in [1.29, 1.82) is 0 Å². The Morgan fingerprint density at radius 3 is 2.74 bits per heavy atom. The number of rotatable bonds is 5. The fourth-order valence-corrected chi connectivity index (χ4v) is 4.74. The van der Waals surface area contributed by atoms with Gasteiger partial charge in [0.15, 0.2) is 0 Å². The van der Waals surface area contributed by atoms with Gasteiger partial charge in [-0.25, -0.2) is 9.37 Å². The number of nitrogens with zero attached hydrogens (tertiary/aromatic N) is 3. The van der Waals surface area contributed by atoms with Gasteiger partial charge in [0.2, 0.25) is 0 Å². The molecule has 2 aliphatic heterocycles. The summed E-state index contributed by atoms with van der Waals surface area (Å²) in [5, 5.41) is 0. The number of aromatic nitrogens is 2. The third-order valence-corrected chi connectivity index (χ3v) is 6.03. The number of hydrogen-bond donors (Lipinski definition) is 1. The molecule has 3 heterocycles. The second-order valence-corrected chi connectivity index (χ2v) is 8.25. The molecular weight excluding hydrogens is 343 g/mol. The Hall–Kier alpha value is -1.92. The fourth-order valence-electron chi connectivity index (χ4n) is 4.74. The number of benzene rings is 1. The van der Waals surface area contributed by atoms with Crippen molar-refractivity contribution in [3.05, 3.63) is 47.3 Å². The van der Waals surface area contributed by atoms with Gasteiger partial charge >= 0.3 is 0 Å². The summed E-state index contributed by atoms with van der Waals surface area (Å²) < 4.78 is 19.5. The van der Waals surface area contributed by atoms with Gasteiger partial charge in [0.1, 0.15) is 17.4 Å². The van der Waals surface area contributed by atoms with Gasteiger partial charge in [-0.05, 0) is 62.9 Å². The molecule has 0 amide bonds. The van der Waals surface area contributed by atoms with E-state index in [4.69, 9.17) is 4.74 Å². The summed E-state index contributed by atoms with van der Waals surface area (Å²) in [6.45, 7) is 7.87. The van der Waals surface area contributed by atoms with Crippen LogP contribution in [0.3, 0.4) is 0 Å². The van der Waals surface area contributed by atoms with Gasteiger partial charge in [-0.2, -0.15) is 0 Å². The molecule has 2 fully saturated rings. The van der Waals surface area contributed by atoms with Gasteiger partial charge in [-0.1, -0.05) is 0 Å². The number of H-pyrrole nitrogens is 1. The number of imidazole rings is 1. The molecular formula is C21H29FN4O. The molecule has 1 aromatic heterocycles. The number of nitrogens with one attached hydrogen (secondary N) is 1. The van der Waals surface area contributed by atoms with Crippen LogP contribution in [-0.4, -0.2) is 53.1 Å². The Morgan fingerprint density at radius 1 is 1.19 bits per heavy atom. The molecule has 27 heavy (non-hydrogen) atoms. The minimum Gasteiger partial charge on any atom is -0.497 e. The molecule has 1 unspecified atom stereocenters. The summed E-state index contributed by atoms with van der Waals surface area (Å²) in [5.41, 5.74) is 2.17. The molecule has 5 nitrogen and oxygen atoms in total. The minimum absolute atomic E-state index is 0.142. The largest absolute Gasteiger partial charge is 0.497 e. The number of halogens is 1. The quantitative estimate of drug-likeness (QED) is 0.874. The van der Waals surface area contributed by atoms with Gasteiger partial charge in [0, 0.05) is 37.1 Å². The highest BCUT2D eigenvalue weighted by Gasteiger charge is 2.41. The maximum absolute atomic E-state index is 14.2. The number of methoxy groups -OCH3 is 1. The first-order valence-electron chi connectivity index (χ1n) is 9.83. The molecule has 4 rings (SSSR count). The van der Waals surface area contributed by atoms with Crippen LogP contribution in [0.2, 0.25) is 0 Å². The second kappa shape index (κ2) is 7.60. The van der Waals surface area contributed by atoms with Crippen LogP contribution in [0, 0.1) is 18.2 Å². The first-order valence-corrected chi connectivity index (χ1v) is 9.83. The van der Waals surface area contributed by atoms with E-state index in [-0.39, 0.29) is 5.82 Å². The standard InChI is InChI=1S/C21H29FN4O/c1-16-11-23-20(24-16)13-26-9-7-21(15-26)6-3-8-25(14-21)12-17-10-18(27-2)4-5-19(17)22/h4-5,10-11H,3,6-9,12-15H2,1-2H3,(H,23,24). The average Bonchev–Trinajstić information content (AvgIpc) is 3.23. The second-order valence-electron chi connectivity index (χ2n) is 8.25. The number of ether oxygens (including phenoxy) is 1. The highest BCUT2D eigenvalue weighted by atomic mass is 19.1. The summed E-state index contributed by atoms with van der Waals surface area (Å²) in [6, 6.07) is 5.02. The lowest BCUT2D eigenvalue weighted by molar-refractivity contribution is 0.0855. The maximum atomic E-state index is 14.2. The van der Waals surface area contributed by atoms with E-state index in [1.165, 1.54) is 25.3 Å². The van der Waals surface area contributed by atoms with Crippen molar-refractivity contribution < 1.29 is 9.13 Å². The Balaban J connectivity index is 1.39. The van der Waals surface area contributed by atoms with Crippen molar-refractivity contribution in [2.24, 2.45) is 5.41 Å². The molecule has 2 aromatic rings. The van der Waals surface area contributed by atoms with E-state index in [0.717, 1.165) is 55.6 Å². The van der Waals surface area contributed by atoms with Gasteiger partial charge in [-0.3, -0.25) is 9.80 Å². The van der Waals surface area contributed by atoms with E-state index < -0.39 is 0 Å². The van der Waals surface area contributed by atoms with Crippen LogP contribution in [-0.2, 0) is 13.1 Å². The number of likely N-dealkylation sites (tertiary alicyclic amines) is 2. The van der Waals surface area contributed by atoms with Crippen LogP contribution in [0.15, 0.2) is 24.4 Å². The SMILES string of the molecule is COc1ccc(F)c(CN2CCCC3(CCN(Cc4ncc(C)[nH]4)C3)C2)c1. The molecule has 0 bridgehead atoms. The number of hydrogen-bond acceptors (Lipinski definition) is 4. The summed E-state index contributed by atoms with van der Waals surface area (Å²) in [7, 11) is 1.63. The monoisotopic (exact) mass is 372 g/mol. The Kier molecular flexibility index (Phi) is 5.19. The van der Waals surface area contributed by atoms with E-state index in [0.29, 0.717) is 12.0 Å². The molecule has 1 spiro atoms. The fraction of sp³-hybridized carbons (Fsp3) is 0.571. The lowest BCUT2D eigenvalue weighted by Gasteiger charge is -2.40. The molecule has 1 atom stereocenters. The van der Waals surface area contributed by atoms with Gasteiger partial charge in [0.25, 0.3) is 0 Å². The highest BCUT2D eigenvalue weighted by molar-refractivity contribution is 5.29. The molecule has 1 N–H and O–H groups in total. The van der Waals surface area contributed by atoms with Crippen molar-refractivity contribution in [2.45, 2.75) is 39.3 Å². The zero-order chi connectivity index (χ0) is 18.9. The van der Waals surface area contributed by atoms with Gasteiger partial charge in [0.05, 0.1) is 13.7 Å². The van der Waals surface area contributed by atoms with Crippen molar-refractivity contribution in [3.8, 4) is 5.75 Å². The van der Waals surface area contributed by atoms with Crippen molar-refractivity contribution >= 4 is 0 Å². The molecule has 0 saturated carbocycles. The highest BCUT2D eigenvalue weighted by Crippen LogP contribution is 2.39. The molecule has 2 aliphatic rings. The zero-order valence-corrected chi connectivity index (χ0v) is 16.3. The van der Waals surface area contributed by atoms with E-state index in [9.17, 15) is 4.39 Å². The number of aryl methyl sites for hydroxylation is 1. The van der Waals surface area contributed by atoms with E-state index in [1.807, 2.05) is 19.2 Å². The van der Waals surface area contributed by atoms with Crippen LogP contribution < -0.4 is 4.74 Å². The third-order valence-electron chi connectivity index (χ3n) is 6.03. The summed E-state index contributed by atoms with van der Waals surface area (Å²) >= 11 is 0. The Morgan fingerprint density at radius 2 is 2.00 bits per heavy atom. The van der Waals surface area contributed by atoms with Crippen LogP contribution in [0.1, 0.15) is 36.3 Å². The Bertz CT molecular complexity index is 792. The topological polar surface area (TPSA) is 44.4 Å². The summed E-state index contributed by atoms with van der Waals surface area (Å²) in [5.74, 6) is 1.63. The van der Waals surface area contributed by atoms with Crippen molar-refractivity contribution in [3.63, 3.8) is 0 Å². The van der Waals surface area contributed by atoms with E-state index in [1.54, 1.807) is 13.2 Å². The lowest BCUT2D eigenvalue weighted by atomic mass is 9.79. The molecule has 1 aromatic carbocycles. The summed E-state index contributed by atoms with van der Waals surface area (Å²) in [4.78, 5) is 12.7. The molecule has 146 valence electrons. The van der Waals surface area contributed by atoms with E-state index in [2.05, 4.69) is 19.8 Å². The predicted molar refractivity (Wildman–Crippen MR) is 103 cm³/mol. The molecule has 0 aliphatic carbocycles.